The molecule has 0 amide bonds. The summed E-state index contributed by atoms with van der Waals surface area (Å²) in [5.74, 6) is -1.66. The van der Waals surface area contributed by atoms with Gasteiger partial charge in [0.2, 0.25) is 0 Å². The van der Waals surface area contributed by atoms with Crippen molar-refractivity contribution in [1.29, 1.82) is 0 Å². The van der Waals surface area contributed by atoms with Crippen LogP contribution in [0.4, 0.5) is 0 Å². The molecule has 0 spiro atoms. The normalized spacial score (nSPS) is 9.27. The fraction of sp³-hybridized carbons (Fsp3) is 0. The molecule has 0 atom stereocenters. The number of carbonyl (C=O) groups is 2. The summed E-state index contributed by atoms with van der Waals surface area (Å²) < 4.78 is 0. The lowest BCUT2D eigenvalue weighted by Crippen LogP contribution is -2.01. The Morgan fingerprint density at radius 3 is 2.05 bits per heavy atom. The number of hydrogen-bond donors (Lipinski definition) is 2. The highest BCUT2D eigenvalue weighted by Crippen LogP contribution is 2.15. The molecule has 116 valence electrons. The van der Waals surface area contributed by atoms with Crippen LogP contribution in [-0.4, -0.2) is 22.5 Å². The molecule has 22 heavy (non-hydrogen) atoms. The highest BCUT2D eigenvalue weighted by Gasteiger charge is 2.09. The van der Waals surface area contributed by atoms with Crippen LogP contribution in [0.1, 0.15) is 20.7 Å². The van der Waals surface area contributed by atoms with Gasteiger partial charge >= 0.3 is 11.9 Å². The van der Waals surface area contributed by atoms with Gasteiger partial charge < -0.3 is 0 Å². The fourth-order valence-corrected chi connectivity index (χ4v) is 1.75. The molecule has 0 aliphatic rings. The van der Waals surface area contributed by atoms with E-state index in [1.54, 1.807) is 24.3 Å². The van der Waals surface area contributed by atoms with Gasteiger partial charge in [-0.3, -0.25) is 9.78 Å². The second-order valence-corrected chi connectivity index (χ2v) is 4.59. The molecule has 2 N–H and O–H groups in total. The van der Waals surface area contributed by atoms with E-state index >= 15 is 0 Å². The van der Waals surface area contributed by atoms with Gasteiger partial charge in [-0.2, -0.15) is 10.5 Å². The predicted octanol–water partition coefficient (Wildman–Crippen LogP) is 3.94. The van der Waals surface area contributed by atoms with Crippen LogP contribution in [0.25, 0.3) is 0 Å². The van der Waals surface area contributed by atoms with E-state index in [9.17, 15) is 9.59 Å². The lowest BCUT2D eigenvalue weighted by atomic mass is 10.2. The summed E-state index contributed by atoms with van der Waals surface area (Å²) in [6, 6.07) is 12.4. The predicted molar refractivity (Wildman–Crippen MR) is 79.0 cm³/mol. The first-order valence-electron chi connectivity index (χ1n) is 5.71. The third-order valence-corrected chi connectivity index (χ3v) is 2.88. The number of benzene rings is 2. The van der Waals surface area contributed by atoms with E-state index in [2.05, 4.69) is 9.78 Å². The maximum Gasteiger partial charge on any atom is 0.374 e. The van der Waals surface area contributed by atoms with E-state index in [0.717, 1.165) is 0 Å². The van der Waals surface area contributed by atoms with E-state index in [4.69, 9.17) is 33.7 Å². The quantitative estimate of drug-likeness (QED) is 0.633. The van der Waals surface area contributed by atoms with Crippen molar-refractivity contribution in [3.63, 3.8) is 0 Å². The van der Waals surface area contributed by atoms with Crippen LogP contribution in [0.3, 0.4) is 0 Å². The molecule has 0 radical (unpaired) electrons. The van der Waals surface area contributed by atoms with Gasteiger partial charge in [-0.25, -0.2) is 9.59 Å². The van der Waals surface area contributed by atoms with Crippen molar-refractivity contribution in [1.82, 2.24) is 0 Å². The Labute approximate surface area is 135 Å². The molecule has 0 aliphatic heterocycles. The van der Waals surface area contributed by atoms with Crippen LogP contribution in [0.5, 0.6) is 0 Å². The van der Waals surface area contributed by atoms with Crippen molar-refractivity contribution in [2.24, 2.45) is 0 Å². The van der Waals surface area contributed by atoms with E-state index in [1.165, 1.54) is 24.3 Å². The zero-order valence-corrected chi connectivity index (χ0v) is 12.4. The minimum absolute atomic E-state index is 0.150. The first kappa shape index (κ1) is 17.9. The van der Waals surface area contributed by atoms with Crippen molar-refractivity contribution < 1.29 is 29.9 Å². The second-order valence-electron chi connectivity index (χ2n) is 3.75. The maximum atomic E-state index is 10.7. The van der Waals surface area contributed by atoms with Crippen LogP contribution >= 0.6 is 23.2 Å². The molecule has 0 heterocycles. The average Bonchev–Trinajstić information content (AvgIpc) is 2.54. The standard InChI is InChI=1S/2C7H5ClO3/c8-6-3-1-2-5(4-6)7(9)11-10;8-6-4-2-1-3-5(6)7(9)11-10/h2*1-4,10H. The molecule has 0 aliphatic carbocycles. The molecule has 2 aromatic carbocycles. The molecular formula is C14H10Cl2O6. The van der Waals surface area contributed by atoms with E-state index in [0.29, 0.717) is 5.02 Å². The molecule has 0 bridgehead atoms. The number of carbonyl (C=O) groups excluding carboxylic acids is 2. The van der Waals surface area contributed by atoms with E-state index in [-0.39, 0.29) is 16.1 Å². The Balaban J connectivity index is 0.000000220. The van der Waals surface area contributed by atoms with Gasteiger partial charge in [-0.1, -0.05) is 41.4 Å². The average molecular weight is 345 g/mol. The molecule has 2 aromatic rings. The summed E-state index contributed by atoms with van der Waals surface area (Å²) in [5.41, 5.74) is 0.372. The number of hydrogen-bond acceptors (Lipinski definition) is 6. The minimum atomic E-state index is -0.851. The van der Waals surface area contributed by atoms with Gasteiger partial charge in [0.15, 0.2) is 0 Å². The van der Waals surface area contributed by atoms with Crippen molar-refractivity contribution >= 4 is 35.1 Å². The number of halogens is 2. The lowest BCUT2D eigenvalue weighted by Gasteiger charge is -1.97. The van der Waals surface area contributed by atoms with Crippen LogP contribution in [0.15, 0.2) is 48.5 Å². The van der Waals surface area contributed by atoms with Crippen molar-refractivity contribution in [3.8, 4) is 0 Å². The van der Waals surface area contributed by atoms with Gasteiger partial charge in [0.05, 0.1) is 16.1 Å². The first-order chi connectivity index (χ1) is 10.5. The highest BCUT2D eigenvalue weighted by atomic mass is 35.5. The van der Waals surface area contributed by atoms with E-state index < -0.39 is 11.9 Å². The van der Waals surface area contributed by atoms with Gasteiger partial charge in [0.1, 0.15) is 0 Å². The van der Waals surface area contributed by atoms with Gasteiger partial charge in [-0.05, 0) is 30.3 Å². The van der Waals surface area contributed by atoms with Crippen LogP contribution in [-0.2, 0) is 9.78 Å². The van der Waals surface area contributed by atoms with Crippen LogP contribution < -0.4 is 0 Å². The molecule has 2 rings (SSSR count). The monoisotopic (exact) mass is 344 g/mol. The second kappa shape index (κ2) is 9.01. The third-order valence-electron chi connectivity index (χ3n) is 2.32. The van der Waals surface area contributed by atoms with Crippen molar-refractivity contribution in [2.45, 2.75) is 0 Å². The molecule has 0 saturated carbocycles. The zero-order valence-electron chi connectivity index (χ0n) is 10.9. The highest BCUT2D eigenvalue weighted by molar-refractivity contribution is 6.33. The summed E-state index contributed by atoms with van der Waals surface area (Å²) in [6.45, 7) is 0. The zero-order chi connectivity index (χ0) is 16.5. The summed E-state index contributed by atoms with van der Waals surface area (Å²) in [5, 5.41) is 16.7. The SMILES string of the molecule is O=C(OO)c1cccc(Cl)c1.O=C(OO)c1ccccc1Cl. The number of rotatable bonds is 2. The van der Waals surface area contributed by atoms with Gasteiger partial charge in [-0.15, -0.1) is 0 Å². The maximum absolute atomic E-state index is 10.7. The molecular weight excluding hydrogens is 335 g/mol. The molecule has 8 heteroatoms. The molecule has 0 fully saturated rings. The lowest BCUT2D eigenvalue weighted by molar-refractivity contribution is -0.182. The smallest absolute Gasteiger partial charge is 0.296 e. The van der Waals surface area contributed by atoms with Crippen molar-refractivity contribution in [2.75, 3.05) is 0 Å². The summed E-state index contributed by atoms with van der Waals surface area (Å²) in [4.78, 5) is 28.3. The summed E-state index contributed by atoms with van der Waals surface area (Å²) in [6.07, 6.45) is 0. The molecule has 6 nitrogen and oxygen atoms in total. The van der Waals surface area contributed by atoms with Gasteiger partial charge in [0.25, 0.3) is 0 Å². The summed E-state index contributed by atoms with van der Waals surface area (Å²) >= 11 is 11.1. The van der Waals surface area contributed by atoms with E-state index in [1.807, 2.05) is 0 Å². The third kappa shape index (κ3) is 5.34. The molecule has 0 aromatic heterocycles. The van der Waals surface area contributed by atoms with Gasteiger partial charge in [0, 0.05) is 5.02 Å². The molecule has 0 unspecified atom stereocenters. The van der Waals surface area contributed by atoms with Crippen LogP contribution in [0, 0.1) is 0 Å². The Kier molecular flexibility index (Phi) is 7.34. The Hall–Kier alpha value is -2.12. The van der Waals surface area contributed by atoms with Crippen molar-refractivity contribution in [3.05, 3.63) is 69.7 Å². The Morgan fingerprint density at radius 2 is 1.50 bits per heavy atom. The fourth-order valence-electron chi connectivity index (χ4n) is 1.34. The largest absolute Gasteiger partial charge is 0.374 e. The Bertz CT molecular complexity index is 659. The first-order valence-corrected chi connectivity index (χ1v) is 6.46. The summed E-state index contributed by atoms with van der Waals surface area (Å²) in [7, 11) is 0. The minimum Gasteiger partial charge on any atom is -0.296 e. The molecule has 0 saturated heterocycles. The Morgan fingerprint density at radius 1 is 0.864 bits per heavy atom. The van der Waals surface area contributed by atoms with Crippen LogP contribution in [0.2, 0.25) is 10.0 Å². The topological polar surface area (TPSA) is 93.1 Å².